The van der Waals surface area contributed by atoms with Crippen LogP contribution in [0, 0.1) is 0 Å². The fourth-order valence-electron chi connectivity index (χ4n) is 2.18. The van der Waals surface area contributed by atoms with Gasteiger partial charge in [0.2, 0.25) is 0 Å². The Morgan fingerprint density at radius 3 is 2.79 bits per heavy atom. The van der Waals surface area contributed by atoms with Gasteiger partial charge in [-0.05, 0) is 18.3 Å². The number of para-hydroxylation sites is 1. The van der Waals surface area contributed by atoms with Gasteiger partial charge in [0.15, 0.2) is 5.11 Å². The second-order valence-corrected chi connectivity index (χ2v) is 5.18. The van der Waals surface area contributed by atoms with Gasteiger partial charge < -0.3 is 15.5 Å². The minimum atomic E-state index is 0.178. The molecule has 0 bridgehead atoms. The number of thiocarbonyl (C=S) groups is 1. The van der Waals surface area contributed by atoms with E-state index in [0.717, 1.165) is 31.7 Å². The molecule has 1 saturated heterocycles. The van der Waals surface area contributed by atoms with Gasteiger partial charge in [0.25, 0.3) is 0 Å². The molecular formula is C13H20N5S+. The van der Waals surface area contributed by atoms with Crippen LogP contribution in [0.15, 0.2) is 29.4 Å². The summed E-state index contributed by atoms with van der Waals surface area (Å²) in [5.74, 6) is 0. The second-order valence-electron chi connectivity index (χ2n) is 4.74. The molecule has 19 heavy (non-hydrogen) atoms. The van der Waals surface area contributed by atoms with Gasteiger partial charge in [-0.3, -0.25) is 5.43 Å². The summed E-state index contributed by atoms with van der Waals surface area (Å²) >= 11 is 4.72. The Bertz CT molecular complexity index is 466. The molecule has 0 unspecified atom stereocenters. The van der Waals surface area contributed by atoms with Crippen molar-refractivity contribution in [3.8, 4) is 0 Å². The Morgan fingerprint density at radius 1 is 1.42 bits per heavy atom. The van der Waals surface area contributed by atoms with Crippen molar-refractivity contribution in [3.63, 3.8) is 0 Å². The van der Waals surface area contributed by atoms with E-state index in [2.05, 4.69) is 34.6 Å². The standard InChI is InChI=1S/C13H19N5S/c1-17-6-8-18(9-7-17)12-5-3-2-4-11(12)10-15-16-13(14)19/h2-5,10H,6-9H2,1H3,(H3,14,16,19)/p+1/b15-10-. The predicted octanol–water partition coefficient (Wildman–Crippen LogP) is -0.812. The predicted molar refractivity (Wildman–Crippen MR) is 82.8 cm³/mol. The van der Waals surface area contributed by atoms with Crippen LogP contribution in [0.2, 0.25) is 0 Å². The molecule has 1 fully saturated rings. The highest BCUT2D eigenvalue weighted by Gasteiger charge is 2.18. The van der Waals surface area contributed by atoms with Crippen molar-refractivity contribution >= 4 is 29.2 Å². The lowest BCUT2D eigenvalue weighted by molar-refractivity contribution is -0.880. The van der Waals surface area contributed by atoms with Crippen LogP contribution in [0.3, 0.4) is 0 Å². The lowest BCUT2D eigenvalue weighted by Gasteiger charge is -2.32. The molecule has 1 aliphatic heterocycles. The van der Waals surface area contributed by atoms with Crippen molar-refractivity contribution in [2.75, 3.05) is 38.1 Å². The van der Waals surface area contributed by atoms with Crippen molar-refractivity contribution in [2.45, 2.75) is 0 Å². The van der Waals surface area contributed by atoms with Crippen LogP contribution in [0.4, 0.5) is 5.69 Å². The number of hydrogen-bond donors (Lipinski definition) is 3. The summed E-state index contributed by atoms with van der Waals surface area (Å²) in [6, 6.07) is 8.24. The van der Waals surface area contributed by atoms with Gasteiger partial charge in [0, 0.05) is 11.3 Å². The quantitative estimate of drug-likeness (QED) is 0.384. The van der Waals surface area contributed by atoms with Crippen LogP contribution in [0.25, 0.3) is 0 Å². The Balaban J connectivity index is 2.12. The van der Waals surface area contributed by atoms with Crippen LogP contribution >= 0.6 is 12.2 Å². The molecular weight excluding hydrogens is 258 g/mol. The minimum Gasteiger partial charge on any atom is -0.375 e. The van der Waals surface area contributed by atoms with Gasteiger partial charge in [-0.25, -0.2) is 0 Å². The fraction of sp³-hybridized carbons (Fsp3) is 0.385. The SMILES string of the molecule is C[NH+]1CCN(c2ccccc2/C=N\NC(N)=S)CC1. The Kier molecular flexibility index (Phi) is 4.70. The molecule has 4 N–H and O–H groups in total. The zero-order valence-electron chi connectivity index (χ0n) is 11.1. The fourth-order valence-corrected chi connectivity index (χ4v) is 2.23. The molecule has 0 radical (unpaired) electrons. The van der Waals surface area contributed by atoms with Crippen molar-refractivity contribution in [3.05, 3.63) is 29.8 Å². The summed E-state index contributed by atoms with van der Waals surface area (Å²) < 4.78 is 0. The van der Waals surface area contributed by atoms with E-state index in [1.54, 1.807) is 11.1 Å². The third-order valence-corrected chi connectivity index (χ3v) is 3.36. The van der Waals surface area contributed by atoms with Gasteiger partial charge in [-0.15, -0.1) is 0 Å². The summed E-state index contributed by atoms with van der Waals surface area (Å²) in [5, 5.41) is 4.22. The number of likely N-dealkylation sites (N-methyl/N-ethyl adjacent to an activating group) is 1. The van der Waals surface area contributed by atoms with E-state index in [1.807, 2.05) is 12.1 Å². The number of nitrogens with two attached hydrogens (primary N) is 1. The topological polar surface area (TPSA) is 58.1 Å². The van der Waals surface area contributed by atoms with Crippen LogP contribution in [0.1, 0.15) is 5.56 Å². The van der Waals surface area contributed by atoms with Crippen LogP contribution in [-0.4, -0.2) is 44.6 Å². The highest BCUT2D eigenvalue weighted by Crippen LogP contribution is 2.18. The Hall–Kier alpha value is -1.66. The molecule has 1 aliphatic rings. The molecule has 102 valence electrons. The normalized spacial score (nSPS) is 16.8. The molecule has 1 heterocycles. The van der Waals surface area contributed by atoms with E-state index in [4.69, 9.17) is 18.0 Å². The molecule has 0 aliphatic carbocycles. The maximum Gasteiger partial charge on any atom is 0.184 e. The van der Waals surface area contributed by atoms with E-state index >= 15 is 0 Å². The number of hydrazone groups is 1. The molecule has 0 aromatic heterocycles. The van der Waals surface area contributed by atoms with E-state index in [1.165, 1.54) is 5.69 Å². The molecule has 0 saturated carbocycles. The number of anilines is 1. The molecule has 1 aromatic carbocycles. The van der Waals surface area contributed by atoms with Crippen molar-refractivity contribution in [1.29, 1.82) is 0 Å². The first-order valence-corrected chi connectivity index (χ1v) is 6.81. The first-order valence-electron chi connectivity index (χ1n) is 6.40. The van der Waals surface area contributed by atoms with Crippen LogP contribution in [-0.2, 0) is 0 Å². The minimum absolute atomic E-state index is 0.178. The van der Waals surface area contributed by atoms with Gasteiger partial charge in [0.05, 0.1) is 39.4 Å². The molecule has 1 aromatic rings. The number of nitrogens with zero attached hydrogens (tertiary/aromatic N) is 2. The number of quaternary nitrogens is 1. The smallest absolute Gasteiger partial charge is 0.184 e. The molecule has 6 heteroatoms. The van der Waals surface area contributed by atoms with Crippen LogP contribution < -0.4 is 21.0 Å². The van der Waals surface area contributed by atoms with Gasteiger partial charge in [-0.1, -0.05) is 18.2 Å². The van der Waals surface area contributed by atoms with E-state index in [0.29, 0.717) is 0 Å². The number of benzene rings is 1. The highest BCUT2D eigenvalue weighted by atomic mass is 32.1. The maximum absolute atomic E-state index is 5.35. The van der Waals surface area contributed by atoms with Crippen molar-refractivity contribution in [2.24, 2.45) is 10.8 Å². The lowest BCUT2D eigenvalue weighted by atomic mass is 10.1. The number of nitrogens with one attached hydrogen (secondary N) is 2. The number of rotatable bonds is 3. The average Bonchev–Trinajstić information content (AvgIpc) is 2.40. The van der Waals surface area contributed by atoms with E-state index in [9.17, 15) is 0 Å². The van der Waals surface area contributed by atoms with Gasteiger partial charge in [0.1, 0.15) is 0 Å². The lowest BCUT2D eigenvalue weighted by Crippen LogP contribution is -3.12. The highest BCUT2D eigenvalue weighted by molar-refractivity contribution is 7.80. The first-order chi connectivity index (χ1) is 9.16. The largest absolute Gasteiger partial charge is 0.375 e. The van der Waals surface area contributed by atoms with Gasteiger partial charge in [-0.2, -0.15) is 5.10 Å². The number of piperazine rings is 1. The molecule has 0 amide bonds. The second kappa shape index (κ2) is 6.49. The summed E-state index contributed by atoms with van der Waals surface area (Å²) in [5.41, 5.74) is 10.2. The maximum atomic E-state index is 5.35. The van der Waals surface area contributed by atoms with E-state index in [-0.39, 0.29) is 5.11 Å². The Morgan fingerprint density at radius 2 is 2.11 bits per heavy atom. The summed E-state index contributed by atoms with van der Waals surface area (Å²) in [7, 11) is 2.23. The van der Waals surface area contributed by atoms with Gasteiger partial charge >= 0.3 is 0 Å². The molecule has 2 rings (SSSR count). The monoisotopic (exact) mass is 278 g/mol. The zero-order valence-corrected chi connectivity index (χ0v) is 11.9. The van der Waals surface area contributed by atoms with Crippen molar-refractivity contribution in [1.82, 2.24) is 5.43 Å². The van der Waals surface area contributed by atoms with Crippen LogP contribution in [0.5, 0.6) is 0 Å². The molecule has 5 nitrogen and oxygen atoms in total. The number of hydrogen-bond acceptors (Lipinski definition) is 3. The molecule has 0 atom stereocenters. The molecule has 0 spiro atoms. The average molecular weight is 278 g/mol. The van der Waals surface area contributed by atoms with Crippen molar-refractivity contribution < 1.29 is 4.90 Å². The third-order valence-electron chi connectivity index (χ3n) is 3.27. The zero-order chi connectivity index (χ0) is 13.7. The summed E-state index contributed by atoms with van der Waals surface area (Å²) in [4.78, 5) is 3.98. The summed E-state index contributed by atoms with van der Waals surface area (Å²) in [6.07, 6.45) is 1.76. The Labute approximate surface area is 119 Å². The first kappa shape index (κ1) is 13.8. The van der Waals surface area contributed by atoms with E-state index < -0.39 is 0 Å². The summed E-state index contributed by atoms with van der Waals surface area (Å²) in [6.45, 7) is 4.46. The third kappa shape index (κ3) is 3.90.